The third kappa shape index (κ3) is 4.55. The van der Waals surface area contributed by atoms with E-state index < -0.39 is 5.60 Å². The van der Waals surface area contributed by atoms with Crippen LogP contribution in [0.25, 0.3) is 0 Å². The van der Waals surface area contributed by atoms with Gasteiger partial charge in [-0.3, -0.25) is 0 Å². The van der Waals surface area contributed by atoms with Gasteiger partial charge in [0.2, 0.25) is 0 Å². The van der Waals surface area contributed by atoms with Crippen molar-refractivity contribution in [3.63, 3.8) is 0 Å². The molecule has 4 aliphatic rings. The van der Waals surface area contributed by atoms with Gasteiger partial charge in [-0.2, -0.15) is 0 Å². The lowest BCUT2D eigenvalue weighted by atomic mass is 9.35. The molecule has 4 nitrogen and oxygen atoms in total. The highest BCUT2D eigenvalue weighted by Crippen LogP contribution is 2.75. The van der Waals surface area contributed by atoms with E-state index >= 15 is 0 Å². The molecule has 220 valence electrons. The van der Waals surface area contributed by atoms with Crippen molar-refractivity contribution in [1.82, 2.24) is 5.32 Å². The van der Waals surface area contributed by atoms with Crippen LogP contribution in [-0.2, 0) is 0 Å². The van der Waals surface area contributed by atoms with Gasteiger partial charge in [-0.25, -0.2) is 0 Å². The predicted molar refractivity (Wildman–Crippen MR) is 159 cm³/mol. The quantitative estimate of drug-likeness (QED) is 0.285. The van der Waals surface area contributed by atoms with Gasteiger partial charge in [-0.05, 0) is 129 Å². The number of hydrogen-bond donors (Lipinski definition) is 4. The maximum atomic E-state index is 11.9. The number of nitrogens with one attached hydrogen (secondary N) is 1. The predicted octanol–water partition coefficient (Wildman–Crippen LogP) is 6.89. The highest BCUT2D eigenvalue weighted by atomic mass is 16.3. The Morgan fingerprint density at radius 1 is 0.923 bits per heavy atom. The lowest BCUT2D eigenvalue weighted by molar-refractivity contribution is -0.246. The van der Waals surface area contributed by atoms with Gasteiger partial charge in [0.25, 0.3) is 0 Å². The zero-order valence-corrected chi connectivity index (χ0v) is 25.8. The number of hydrogen-bond acceptors (Lipinski definition) is 4. The van der Waals surface area contributed by atoms with Crippen LogP contribution in [0.2, 0.25) is 0 Å². The Morgan fingerprint density at radius 2 is 1.59 bits per heavy atom. The molecule has 1 aromatic rings. The topological polar surface area (TPSA) is 72.7 Å². The van der Waals surface area contributed by atoms with Gasteiger partial charge in [0.1, 0.15) is 0 Å². The Bertz CT molecular complexity index is 1010. The first-order valence-corrected chi connectivity index (χ1v) is 16.1. The summed E-state index contributed by atoms with van der Waals surface area (Å²) in [5, 5.41) is 38.4. The Morgan fingerprint density at radius 3 is 2.28 bits per heavy atom. The summed E-state index contributed by atoms with van der Waals surface area (Å²) in [6.45, 7) is 17.2. The smallest absolute Gasteiger partial charge is 0.0652 e. The van der Waals surface area contributed by atoms with Crippen molar-refractivity contribution in [1.29, 1.82) is 0 Å². The number of aliphatic hydroxyl groups is 3. The number of aliphatic hydroxyl groups excluding tert-OH is 2. The first-order chi connectivity index (χ1) is 18.2. The van der Waals surface area contributed by atoms with Crippen molar-refractivity contribution in [2.45, 2.75) is 130 Å². The second kappa shape index (κ2) is 10.1. The second-order valence-corrected chi connectivity index (χ2v) is 15.9. The lowest BCUT2D eigenvalue weighted by Gasteiger charge is -2.70. The maximum absolute atomic E-state index is 11.9. The number of benzene rings is 1. The fourth-order valence-corrected chi connectivity index (χ4v) is 11.3. The van der Waals surface area contributed by atoms with Crippen LogP contribution in [0.3, 0.4) is 0 Å². The normalized spacial score (nSPS) is 45.5. The van der Waals surface area contributed by atoms with E-state index in [-0.39, 0.29) is 45.7 Å². The monoisotopic (exact) mass is 539 g/mol. The maximum Gasteiger partial charge on any atom is 0.0652 e. The zero-order valence-electron chi connectivity index (χ0n) is 25.8. The molecule has 5 rings (SSSR count). The number of rotatable bonds is 7. The van der Waals surface area contributed by atoms with E-state index in [0.29, 0.717) is 17.9 Å². The van der Waals surface area contributed by atoms with Crippen molar-refractivity contribution >= 4 is 0 Å². The van der Waals surface area contributed by atoms with E-state index in [1.54, 1.807) is 0 Å². The van der Waals surface area contributed by atoms with Crippen LogP contribution >= 0.6 is 0 Å². The molecule has 0 spiro atoms. The molecule has 1 unspecified atom stereocenters. The molecule has 0 radical (unpaired) electrons. The summed E-state index contributed by atoms with van der Waals surface area (Å²) in [7, 11) is 0. The molecule has 0 amide bonds. The van der Waals surface area contributed by atoms with Gasteiger partial charge in [-0.15, -0.1) is 0 Å². The van der Waals surface area contributed by atoms with Gasteiger partial charge < -0.3 is 20.6 Å². The SMILES string of the molecule is CC(NCCC[C@](C)(O)[C@H]1CC[C@]2(C)[C@@H]1[C@H](O)C[C@@H]1[C@@]3(C)CC[C@H](O)C(C)(C)[C@@H]3CC[C@]12C)c1ccccc1. The summed E-state index contributed by atoms with van der Waals surface area (Å²) in [5.74, 6) is 1.23. The van der Waals surface area contributed by atoms with Crippen LogP contribution in [0.15, 0.2) is 30.3 Å². The van der Waals surface area contributed by atoms with Gasteiger partial charge in [0.05, 0.1) is 17.8 Å². The summed E-state index contributed by atoms with van der Waals surface area (Å²) in [6.07, 6.45) is 8.31. The summed E-state index contributed by atoms with van der Waals surface area (Å²) in [6, 6.07) is 10.8. The molecule has 1 aromatic carbocycles. The molecule has 4 aliphatic carbocycles. The Kier molecular flexibility index (Phi) is 7.66. The average Bonchev–Trinajstić information content (AvgIpc) is 3.27. The first kappa shape index (κ1) is 29.5. The molecule has 0 heterocycles. The van der Waals surface area contributed by atoms with E-state index in [1.165, 1.54) is 12.0 Å². The van der Waals surface area contributed by atoms with E-state index in [0.717, 1.165) is 57.9 Å². The van der Waals surface area contributed by atoms with Crippen LogP contribution in [0.4, 0.5) is 0 Å². The van der Waals surface area contributed by atoms with E-state index in [1.807, 2.05) is 0 Å². The molecule has 39 heavy (non-hydrogen) atoms. The molecule has 4 fully saturated rings. The molecular weight excluding hydrogens is 482 g/mol. The summed E-state index contributed by atoms with van der Waals surface area (Å²) < 4.78 is 0. The van der Waals surface area contributed by atoms with E-state index in [4.69, 9.17) is 0 Å². The van der Waals surface area contributed by atoms with Crippen LogP contribution in [-0.4, -0.2) is 39.7 Å². The first-order valence-electron chi connectivity index (χ1n) is 16.1. The van der Waals surface area contributed by atoms with Crippen molar-refractivity contribution in [2.24, 2.45) is 45.3 Å². The minimum atomic E-state index is -0.775. The molecule has 4 saturated carbocycles. The van der Waals surface area contributed by atoms with Gasteiger partial charge >= 0.3 is 0 Å². The third-order valence-corrected chi connectivity index (χ3v) is 13.8. The molecule has 0 aromatic heterocycles. The molecule has 4 N–H and O–H groups in total. The highest BCUT2D eigenvalue weighted by Gasteiger charge is 2.71. The largest absolute Gasteiger partial charge is 0.393 e. The van der Waals surface area contributed by atoms with Crippen molar-refractivity contribution in [3.8, 4) is 0 Å². The van der Waals surface area contributed by atoms with Crippen molar-refractivity contribution in [3.05, 3.63) is 35.9 Å². The van der Waals surface area contributed by atoms with Crippen LogP contribution < -0.4 is 5.32 Å². The summed E-state index contributed by atoms with van der Waals surface area (Å²) in [5.41, 5.74) is 0.763. The molecule has 0 aliphatic heterocycles. The Hall–Kier alpha value is -0.940. The second-order valence-electron chi connectivity index (χ2n) is 15.9. The minimum Gasteiger partial charge on any atom is -0.393 e. The molecule has 0 bridgehead atoms. The van der Waals surface area contributed by atoms with Crippen LogP contribution in [0.5, 0.6) is 0 Å². The summed E-state index contributed by atoms with van der Waals surface area (Å²) in [4.78, 5) is 0. The molecule has 11 atom stereocenters. The fourth-order valence-electron chi connectivity index (χ4n) is 11.3. The molecule has 4 heteroatoms. The standard InChI is InChI=1S/C35H57NO3/c1-23(24-12-9-8-10-13-24)36-21-11-17-35(7,39)25-14-19-34(6)30(25)26(37)22-28-32(4)18-16-29(38)31(2,3)27(32)15-20-33(28,34)5/h8-10,12-13,23,25-30,36-39H,11,14-22H2,1-7H3/t23?,25-,26+,27-,28+,29-,30-,32-,33+,34+,35-/m0/s1. The zero-order chi connectivity index (χ0) is 28.4. The molecular formula is C35H57NO3. The van der Waals surface area contributed by atoms with Gasteiger partial charge in [0, 0.05) is 6.04 Å². The summed E-state index contributed by atoms with van der Waals surface area (Å²) >= 11 is 0. The average molecular weight is 540 g/mol. The van der Waals surface area contributed by atoms with E-state index in [2.05, 4.69) is 84.1 Å². The van der Waals surface area contributed by atoms with Crippen molar-refractivity contribution < 1.29 is 15.3 Å². The fraction of sp³-hybridized carbons (Fsp3) is 0.829. The Labute approximate surface area is 238 Å². The molecule has 0 saturated heterocycles. The lowest BCUT2D eigenvalue weighted by Crippen LogP contribution is -2.66. The number of fused-ring (bicyclic) bond motifs is 5. The van der Waals surface area contributed by atoms with Gasteiger partial charge in [-0.1, -0.05) is 65.0 Å². The van der Waals surface area contributed by atoms with Crippen LogP contribution in [0, 0.1) is 45.3 Å². The minimum absolute atomic E-state index is 0.0260. The van der Waals surface area contributed by atoms with E-state index in [9.17, 15) is 15.3 Å². The van der Waals surface area contributed by atoms with Crippen molar-refractivity contribution in [2.75, 3.05) is 6.54 Å². The van der Waals surface area contributed by atoms with Gasteiger partial charge in [0.15, 0.2) is 0 Å². The third-order valence-electron chi connectivity index (χ3n) is 13.8. The highest BCUT2D eigenvalue weighted by molar-refractivity contribution is 5.20. The Balaban J connectivity index is 1.30. The van der Waals surface area contributed by atoms with Crippen LogP contribution in [0.1, 0.15) is 118 Å².